The Morgan fingerprint density at radius 3 is 0.250 bits per heavy atom. The summed E-state index contributed by atoms with van der Waals surface area (Å²) in [6.07, 6.45) is 0. The Labute approximate surface area is 117 Å². The zero-order chi connectivity index (χ0) is 10.0. The third-order valence-electron chi connectivity index (χ3n) is 0. The predicted molar refractivity (Wildman–Crippen MR) is 76.6 cm³/mol. The first-order valence-electron chi connectivity index (χ1n) is 5.00. The summed E-state index contributed by atoms with van der Waals surface area (Å²) >= 11 is 0. The Morgan fingerprint density at radius 1 is 0.250 bits per heavy atom. The van der Waals surface area contributed by atoms with E-state index in [-0.39, 0.29) is 48.9 Å². The van der Waals surface area contributed by atoms with Crippen molar-refractivity contribution in [2.45, 2.75) is 69.2 Å². The maximum atomic E-state index is 2.00. The van der Waals surface area contributed by atoms with Crippen molar-refractivity contribution in [3.8, 4) is 0 Å². The molecule has 86 valence electrons. The minimum absolute atomic E-state index is 0. The summed E-state index contributed by atoms with van der Waals surface area (Å²) in [5.41, 5.74) is 0. The summed E-state index contributed by atoms with van der Waals surface area (Å²) in [6, 6.07) is 0. The van der Waals surface area contributed by atoms with Crippen LogP contribution in [0.3, 0.4) is 0 Å². The van der Waals surface area contributed by atoms with E-state index >= 15 is 0 Å². The molecule has 0 spiro atoms. The van der Waals surface area contributed by atoms with E-state index in [0.29, 0.717) is 0 Å². The summed E-state index contributed by atoms with van der Waals surface area (Å²) in [5.74, 6) is 0. The molecule has 0 saturated heterocycles. The zero-order valence-electron chi connectivity index (χ0n) is 11.4. The number of hydrogen-bond donors (Lipinski definition) is 0. The molecule has 0 fully saturated rings. The van der Waals surface area contributed by atoms with E-state index in [1.807, 2.05) is 69.2 Å². The van der Waals surface area contributed by atoms with E-state index in [4.69, 9.17) is 0 Å². The molecule has 0 rings (SSSR count). The van der Waals surface area contributed by atoms with Gasteiger partial charge in [0.05, 0.1) is 0 Å². The molecule has 0 aliphatic rings. The van der Waals surface area contributed by atoms with Gasteiger partial charge in [-0.3, -0.25) is 0 Å². The Balaban J connectivity index is -0.00000000500. The molecule has 0 aliphatic heterocycles. The Morgan fingerprint density at radius 2 is 0.250 bits per heavy atom. The van der Waals surface area contributed by atoms with Crippen LogP contribution in [0.1, 0.15) is 69.2 Å². The molecule has 0 N–H and O–H groups in total. The number of rotatable bonds is 0. The van der Waals surface area contributed by atoms with E-state index in [9.17, 15) is 0 Å². The van der Waals surface area contributed by atoms with Gasteiger partial charge in [-0.25, -0.2) is 0 Å². The fourth-order valence-corrected chi connectivity index (χ4v) is 0. The van der Waals surface area contributed by atoms with Crippen LogP contribution in [-0.4, -0.2) is 48.9 Å². The first kappa shape index (κ1) is 49.4. The Bertz CT molecular complexity index is 7.80. The van der Waals surface area contributed by atoms with Gasteiger partial charge in [0.15, 0.2) is 0 Å². The van der Waals surface area contributed by atoms with Gasteiger partial charge in [0.2, 0.25) is 0 Å². The fraction of sp³-hybridized carbons (Fsp3) is 1.00. The molecule has 0 aliphatic carbocycles. The van der Waals surface area contributed by atoms with Crippen molar-refractivity contribution in [2.75, 3.05) is 0 Å². The van der Waals surface area contributed by atoms with Crippen LogP contribution in [0.5, 0.6) is 0 Å². The average Bonchev–Trinajstić information content (AvgIpc) is 2.20. The van der Waals surface area contributed by atoms with Crippen LogP contribution in [-0.2, 0) is 0 Å². The van der Waals surface area contributed by atoms with Crippen LogP contribution in [0.25, 0.3) is 0 Å². The molecule has 0 aromatic rings. The topological polar surface area (TPSA) is 0 Å². The second-order valence-electron chi connectivity index (χ2n) is 0. The van der Waals surface area contributed by atoms with Crippen LogP contribution >= 0.6 is 0 Å². The van der Waals surface area contributed by atoms with Gasteiger partial charge in [0.1, 0.15) is 0 Å². The van der Waals surface area contributed by atoms with Crippen molar-refractivity contribution < 1.29 is 0 Å². The molecular formula is C10H36Sb2. The SMILES string of the molecule is CC.CC.CC.CC.CC.[SbH3].[SbH3]. The van der Waals surface area contributed by atoms with E-state index < -0.39 is 0 Å². The standard InChI is InChI=1S/5C2H6.2Sb.6H/c5*1-2;;;;;;;;/h5*1-2H3;;;;;;;;. The van der Waals surface area contributed by atoms with Gasteiger partial charge >= 0.3 is 48.9 Å². The second kappa shape index (κ2) is 639. The molecule has 0 bridgehead atoms. The van der Waals surface area contributed by atoms with Gasteiger partial charge in [-0.1, -0.05) is 69.2 Å². The van der Waals surface area contributed by atoms with Gasteiger partial charge in [0, 0.05) is 0 Å². The predicted octanol–water partition coefficient (Wildman–Crippen LogP) is 2.76. The molecule has 0 aromatic heterocycles. The van der Waals surface area contributed by atoms with Gasteiger partial charge in [0.25, 0.3) is 0 Å². The molecule has 0 nitrogen and oxygen atoms in total. The summed E-state index contributed by atoms with van der Waals surface area (Å²) in [4.78, 5) is 0. The van der Waals surface area contributed by atoms with Gasteiger partial charge in [-0.2, -0.15) is 0 Å². The van der Waals surface area contributed by atoms with Crippen molar-refractivity contribution >= 4 is 48.9 Å². The summed E-state index contributed by atoms with van der Waals surface area (Å²) in [7, 11) is 0. The van der Waals surface area contributed by atoms with E-state index in [1.54, 1.807) is 0 Å². The van der Waals surface area contributed by atoms with Crippen LogP contribution in [0.4, 0.5) is 0 Å². The fourth-order valence-electron chi connectivity index (χ4n) is 0. The van der Waals surface area contributed by atoms with Gasteiger partial charge in [-0.15, -0.1) is 0 Å². The van der Waals surface area contributed by atoms with Crippen LogP contribution in [0.2, 0.25) is 0 Å². The molecule has 0 heterocycles. The van der Waals surface area contributed by atoms with Crippen molar-refractivity contribution in [3.05, 3.63) is 0 Å². The van der Waals surface area contributed by atoms with Crippen molar-refractivity contribution in [1.82, 2.24) is 0 Å². The summed E-state index contributed by atoms with van der Waals surface area (Å²) < 4.78 is 0. The van der Waals surface area contributed by atoms with Crippen LogP contribution in [0.15, 0.2) is 0 Å². The molecule has 0 saturated carbocycles. The van der Waals surface area contributed by atoms with E-state index in [1.165, 1.54) is 0 Å². The molecule has 0 radical (unpaired) electrons. The normalized spacial score (nSPS) is 2.50. The molecular weight excluding hydrogens is 364 g/mol. The molecule has 0 amide bonds. The zero-order valence-corrected chi connectivity index (χ0v) is 19.5. The van der Waals surface area contributed by atoms with Crippen LogP contribution < -0.4 is 0 Å². The van der Waals surface area contributed by atoms with Gasteiger partial charge < -0.3 is 0 Å². The quantitative estimate of drug-likeness (QED) is 0.549. The second-order valence-corrected chi connectivity index (χ2v) is 0. The molecule has 12 heavy (non-hydrogen) atoms. The monoisotopic (exact) mass is 398 g/mol. The van der Waals surface area contributed by atoms with Crippen molar-refractivity contribution in [2.24, 2.45) is 0 Å². The van der Waals surface area contributed by atoms with Gasteiger partial charge in [-0.05, 0) is 0 Å². The Kier molecular flexibility index (Phi) is 2630. The number of hydrogen-bond acceptors (Lipinski definition) is 0. The Hall–Kier alpha value is 1.64. The van der Waals surface area contributed by atoms with E-state index in [0.717, 1.165) is 0 Å². The maximum absolute atomic E-state index is 2.00. The average molecular weight is 400 g/mol. The molecule has 0 aromatic carbocycles. The third kappa shape index (κ3) is 492. The van der Waals surface area contributed by atoms with E-state index in [2.05, 4.69) is 0 Å². The van der Waals surface area contributed by atoms with Crippen molar-refractivity contribution in [1.29, 1.82) is 0 Å². The third-order valence-corrected chi connectivity index (χ3v) is 0. The summed E-state index contributed by atoms with van der Waals surface area (Å²) in [5, 5.41) is 0. The molecule has 2 heteroatoms. The first-order valence-corrected chi connectivity index (χ1v) is 5.00. The van der Waals surface area contributed by atoms with Crippen LogP contribution in [0, 0.1) is 0 Å². The van der Waals surface area contributed by atoms with Crippen molar-refractivity contribution in [3.63, 3.8) is 0 Å². The minimum atomic E-state index is 0. The first-order chi connectivity index (χ1) is 5.00. The molecule has 0 atom stereocenters. The molecule has 0 unspecified atom stereocenters. The summed E-state index contributed by atoms with van der Waals surface area (Å²) in [6.45, 7) is 20.0.